The van der Waals surface area contributed by atoms with Gasteiger partial charge in [-0.2, -0.15) is 4.31 Å². The van der Waals surface area contributed by atoms with Crippen molar-refractivity contribution in [1.29, 1.82) is 5.41 Å². The van der Waals surface area contributed by atoms with Crippen molar-refractivity contribution in [2.45, 2.75) is 43.0 Å². The van der Waals surface area contributed by atoms with Gasteiger partial charge < -0.3 is 5.32 Å². The van der Waals surface area contributed by atoms with Crippen LogP contribution in [0.25, 0.3) is 0 Å². The van der Waals surface area contributed by atoms with Crippen molar-refractivity contribution in [2.75, 3.05) is 19.6 Å². The van der Waals surface area contributed by atoms with E-state index in [1.165, 1.54) is 4.90 Å². The minimum absolute atomic E-state index is 0.0722. The highest BCUT2D eigenvalue weighted by atomic mass is 32.2. The maximum Gasteiger partial charge on any atom is 0.264 e. The van der Waals surface area contributed by atoms with Gasteiger partial charge in [-0.25, -0.2) is 8.42 Å². The van der Waals surface area contributed by atoms with Crippen LogP contribution in [-0.2, 0) is 20.4 Å². The van der Waals surface area contributed by atoms with Crippen LogP contribution in [0.3, 0.4) is 0 Å². The summed E-state index contributed by atoms with van der Waals surface area (Å²) in [5.74, 6) is 0.327. The van der Waals surface area contributed by atoms with Gasteiger partial charge in [0.25, 0.3) is 5.91 Å². The standard InChI is InChI=1S/C30H34N4O3S/c1-22(2)24-13-15-27(16-14-24)38(36,37)33-19-17-23(18-20-33)21-34-28(35)30(32-29(34)31,25-9-5-3-6-10-25)26-11-7-4-8-12-26/h3-16,22-23H,17-21H2,1-2H3,(H2,31,32). The quantitative estimate of drug-likeness (QED) is 0.470. The molecule has 7 nitrogen and oxygen atoms in total. The summed E-state index contributed by atoms with van der Waals surface area (Å²) in [5, 5.41) is 11.9. The van der Waals surface area contributed by atoms with E-state index in [1.54, 1.807) is 16.4 Å². The van der Waals surface area contributed by atoms with E-state index in [1.807, 2.05) is 72.8 Å². The maximum absolute atomic E-state index is 14.0. The van der Waals surface area contributed by atoms with Gasteiger partial charge in [0.15, 0.2) is 11.5 Å². The fourth-order valence-corrected chi connectivity index (χ4v) is 6.94. The summed E-state index contributed by atoms with van der Waals surface area (Å²) in [6.07, 6.45) is 1.26. The molecule has 0 bridgehead atoms. The fourth-order valence-electron chi connectivity index (χ4n) is 5.48. The van der Waals surface area contributed by atoms with Gasteiger partial charge in [0.2, 0.25) is 10.0 Å². The van der Waals surface area contributed by atoms with Gasteiger partial charge in [0.1, 0.15) is 0 Å². The third-order valence-corrected chi connectivity index (χ3v) is 9.67. The molecule has 0 unspecified atom stereocenters. The summed E-state index contributed by atoms with van der Waals surface area (Å²) in [6, 6.07) is 26.2. The van der Waals surface area contributed by atoms with Gasteiger partial charge in [0, 0.05) is 19.6 Å². The van der Waals surface area contributed by atoms with E-state index in [-0.39, 0.29) is 17.8 Å². The van der Waals surface area contributed by atoms with Crippen LogP contribution >= 0.6 is 0 Å². The molecule has 3 aromatic carbocycles. The molecule has 0 radical (unpaired) electrons. The number of nitrogens with zero attached hydrogens (tertiary/aromatic N) is 2. The van der Waals surface area contributed by atoms with Crippen molar-refractivity contribution in [1.82, 2.24) is 14.5 Å². The van der Waals surface area contributed by atoms with Crippen molar-refractivity contribution < 1.29 is 13.2 Å². The lowest BCUT2D eigenvalue weighted by Gasteiger charge is -2.33. The van der Waals surface area contributed by atoms with Gasteiger partial charge in [-0.15, -0.1) is 0 Å². The highest BCUT2D eigenvalue weighted by Gasteiger charge is 2.52. The molecule has 2 aliphatic heterocycles. The average Bonchev–Trinajstić information content (AvgIpc) is 3.20. The Kier molecular flexibility index (Phi) is 7.11. The first-order valence-electron chi connectivity index (χ1n) is 13.1. The zero-order valence-corrected chi connectivity index (χ0v) is 22.6. The topological polar surface area (TPSA) is 93.6 Å². The first-order chi connectivity index (χ1) is 18.2. The van der Waals surface area contributed by atoms with E-state index in [9.17, 15) is 13.2 Å². The van der Waals surface area contributed by atoms with Crippen LogP contribution in [0.15, 0.2) is 89.8 Å². The Balaban J connectivity index is 1.30. The lowest BCUT2D eigenvalue weighted by atomic mass is 9.82. The van der Waals surface area contributed by atoms with Gasteiger partial charge >= 0.3 is 0 Å². The van der Waals surface area contributed by atoms with Gasteiger partial charge in [-0.1, -0.05) is 86.6 Å². The second-order valence-electron chi connectivity index (χ2n) is 10.4. The normalized spacial score (nSPS) is 18.7. The van der Waals surface area contributed by atoms with Crippen LogP contribution in [0.5, 0.6) is 0 Å². The number of rotatable bonds is 7. The van der Waals surface area contributed by atoms with Crippen LogP contribution in [0.4, 0.5) is 0 Å². The number of carbonyl (C=O) groups excluding carboxylic acids is 1. The van der Waals surface area contributed by atoms with Crippen LogP contribution in [-0.4, -0.2) is 49.1 Å². The van der Waals surface area contributed by atoms with E-state index < -0.39 is 15.6 Å². The molecule has 0 saturated carbocycles. The number of hydrogen-bond donors (Lipinski definition) is 2. The second kappa shape index (κ2) is 10.3. The van der Waals surface area contributed by atoms with Crippen LogP contribution in [0.2, 0.25) is 0 Å². The molecule has 0 atom stereocenters. The van der Waals surface area contributed by atoms with Crippen LogP contribution in [0, 0.1) is 11.3 Å². The smallest absolute Gasteiger partial charge is 0.264 e. The highest BCUT2D eigenvalue weighted by molar-refractivity contribution is 7.89. The molecule has 0 aliphatic carbocycles. The molecular formula is C30H34N4O3S. The monoisotopic (exact) mass is 530 g/mol. The molecule has 38 heavy (non-hydrogen) atoms. The van der Waals surface area contributed by atoms with E-state index in [2.05, 4.69) is 19.2 Å². The Bertz CT molecular complexity index is 1360. The molecule has 8 heteroatoms. The Morgan fingerprint density at radius 3 is 1.92 bits per heavy atom. The third-order valence-electron chi connectivity index (χ3n) is 7.75. The number of amides is 1. The van der Waals surface area contributed by atoms with E-state index in [4.69, 9.17) is 5.41 Å². The van der Waals surface area contributed by atoms with E-state index in [0.717, 1.165) is 16.7 Å². The first kappa shape index (κ1) is 26.1. The Labute approximate surface area is 225 Å². The van der Waals surface area contributed by atoms with Crippen LogP contribution in [0.1, 0.15) is 49.3 Å². The number of carbonyl (C=O) groups is 1. The number of piperidine rings is 1. The van der Waals surface area contributed by atoms with Crippen molar-refractivity contribution in [3.63, 3.8) is 0 Å². The Morgan fingerprint density at radius 1 is 0.895 bits per heavy atom. The predicted molar refractivity (Wildman–Crippen MR) is 148 cm³/mol. The van der Waals surface area contributed by atoms with E-state index >= 15 is 0 Å². The van der Waals surface area contributed by atoms with Crippen LogP contribution < -0.4 is 5.32 Å². The minimum atomic E-state index is -3.57. The molecule has 0 spiro atoms. The largest absolute Gasteiger partial charge is 0.334 e. The SMILES string of the molecule is CC(C)c1ccc(S(=O)(=O)N2CCC(CN3C(=N)NC(c4ccccc4)(c4ccccc4)C3=O)CC2)cc1. The predicted octanol–water partition coefficient (Wildman–Crippen LogP) is 4.52. The number of guanidine groups is 1. The molecule has 198 valence electrons. The molecular weight excluding hydrogens is 496 g/mol. The minimum Gasteiger partial charge on any atom is -0.334 e. The molecule has 2 aliphatic rings. The molecule has 2 fully saturated rings. The zero-order chi connectivity index (χ0) is 26.9. The first-order valence-corrected chi connectivity index (χ1v) is 14.6. The summed E-state index contributed by atoms with van der Waals surface area (Å²) in [4.78, 5) is 15.9. The van der Waals surface area contributed by atoms with Gasteiger partial charge in [0.05, 0.1) is 4.90 Å². The molecule has 2 saturated heterocycles. The third kappa shape index (κ3) is 4.63. The average molecular weight is 531 g/mol. The van der Waals surface area contributed by atoms with Gasteiger partial charge in [-0.3, -0.25) is 15.1 Å². The lowest BCUT2D eigenvalue weighted by Crippen LogP contribution is -2.46. The maximum atomic E-state index is 14.0. The second-order valence-corrected chi connectivity index (χ2v) is 12.4. The number of hydrogen-bond acceptors (Lipinski definition) is 4. The van der Waals surface area contributed by atoms with E-state index in [0.29, 0.717) is 43.3 Å². The van der Waals surface area contributed by atoms with Crippen molar-refractivity contribution in [3.8, 4) is 0 Å². The summed E-state index contributed by atoms with van der Waals surface area (Å²) in [7, 11) is -3.57. The van der Waals surface area contributed by atoms with Crippen molar-refractivity contribution >= 4 is 21.9 Å². The lowest BCUT2D eigenvalue weighted by molar-refractivity contribution is -0.130. The van der Waals surface area contributed by atoms with Gasteiger partial charge in [-0.05, 0) is 53.5 Å². The Hall–Kier alpha value is -3.49. The summed E-state index contributed by atoms with van der Waals surface area (Å²) in [5.41, 5.74) is 1.52. The summed E-state index contributed by atoms with van der Waals surface area (Å²) in [6.45, 7) is 5.33. The summed E-state index contributed by atoms with van der Waals surface area (Å²) < 4.78 is 28.0. The van der Waals surface area contributed by atoms with Crippen molar-refractivity contribution in [3.05, 3.63) is 102 Å². The highest BCUT2D eigenvalue weighted by Crippen LogP contribution is 2.37. The summed E-state index contributed by atoms with van der Waals surface area (Å²) >= 11 is 0. The molecule has 0 aromatic heterocycles. The molecule has 5 rings (SSSR count). The van der Waals surface area contributed by atoms with Crippen molar-refractivity contribution in [2.24, 2.45) is 5.92 Å². The zero-order valence-electron chi connectivity index (χ0n) is 21.8. The molecule has 1 amide bonds. The molecule has 3 aromatic rings. The molecule has 2 N–H and O–H groups in total. The number of nitrogens with one attached hydrogen (secondary N) is 2. The molecule has 2 heterocycles. The fraction of sp³-hybridized carbons (Fsp3) is 0.333. The Morgan fingerprint density at radius 2 is 1.42 bits per heavy atom. The number of sulfonamides is 1. The number of benzene rings is 3.